The van der Waals surface area contributed by atoms with Crippen LogP contribution in [-0.4, -0.2) is 35.2 Å². The normalized spacial score (nSPS) is 16.1. The number of pyridine rings is 1. The minimum atomic E-state index is -0.806. The van der Waals surface area contributed by atoms with E-state index in [1.165, 1.54) is 5.56 Å². The van der Waals surface area contributed by atoms with E-state index in [1.54, 1.807) is 6.20 Å². The number of hydrogen-bond donors (Lipinski definition) is 4. The number of carboxylic acid groups (broad SMARTS) is 1. The lowest BCUT2D eigenvalue weighted by molar-refractivity contribution is -0.136. The number of aliphatic carboxylic acids is 1. The zero-order chi connectivity index (χ0) is 20.8. The summed E-state index contributed by atoms with van der Waals surface area (Å²) in [6, 6.07) is 22.4. The summed E-state index contributed by atoms with van der Waals surface area (Å²) in [5.74, 6) is 0.0667. The van der Waals surface area contributed by atoms with Gasteiger partial charge in [0.05, 0.1) is 24.2 Å². The van der Waals surface area contributed by atoms with Crippen LogP contribution in [0.2, 0.25) is 0 Å². The maximum atomic E-state index is 11.0. The van der Waals surface area contributed by atoms with Gasteiger partial charge in [-0.1, -0.05) is 54.6 Å². The lowest BCUT2D eigenvalue weighted by Crippen LogP contribution is -2.44. The van der Waals surface area contributed by atoms with Crippen molar-refractivity contribution in [3.8, 4) is 0 Å². The third kappa shape index (κ3) is 4.96. The molecular formula is C24H26N4O2. The van der Waals surface area contributed by atoms with Crippen LogP contribution in [0, 0.1) is 0 Å². The van der Waals surface area contributed by atoms with Crippen molar-refractivity contribution in [1.29, 1.82) is 0 Å². The van der Waals surface area contributed by atoms with Gasteiger partial charge in [0.15, 0.2) is 0 Å². The third-order valence-corrected chi connectivity index (χ3v) is 5.33. The molecular weight excluding hydrogens is 376 g/mol. The summed E-state index contributed by atoms with van der Waals surface area (Å²) < 4.78 is 0. The van der Waals surface area contributed by atoms with Crippen LogP contribution in [0.25, 0.3) is 0 Å². The topological polar surface area (TPSA) is 86.3 Å². The first-order valence-electron chi connectivity index (χ1n) is 10.2. The smallest absolute Gasteiger partial charge is 0.307 e. The highest BCUT2D eigenvalue weighted by atomic mass is 16.4. The molecule has 1 aromatic heterocycles. The van der Waals surface area contributed by atoms with Crippen LogP contribution in [0.4, 0.5) is 11.5 Å². The van der Waals surface area contributed by atoms with Crippen molar-refractivity contribution in [3.63, 3.8) is 0 Å². The molecule has 4 N–H and O–H groups in total. The van der Waals surface area contributed by atoms with E-state index in [1.807, 2.05) is 42.5 Å². The Hall–Kier alpha value is -3.38. The molecule has 6 nitrogen and oxygen atoms in total. The largest absolute Gasteiger partial charge is 0.481 e. The van der Waals surface area contributed by atoms with Crippen LogP contribution >= 0.6 is 0 Å². The van der Waals surface area contributed by atoms with Gasteiger partial charge >= 0.3 is 5.97 Å². The summed E-state index contributed by atoms with van der Waals surface area (Å²) in [5, 5.41) is 19.8. The van der Waals surface area contributed by atoms with E-state index in [-0.39, 0.29) is 18.5 Å². The molecule has 0 fully saturated rings. The molecule has 0 aliphatic carbocycles. The van der Waals surface area contributed by atoms with Crippen LogP contribution in [0.5, 0.6) is 0 Å². The molecule has 0 radical (unpaired) electrons. The Morgan fingerprint density at radius 3 is 2.77 bits per heavy atom. The minimum absolute atomic E-state index is 0.0536. The van der Waals surface area contributed by atoms with Crippen molar-refractivity contribution in [3.05, 3.63) is 89.6 Å². The Labute approximate surface area is 176 Å². The Bertz CT molecular complexity index is 993. The van der Waals surface area contributed by atoms with Gasteiger partial charge < -0.3 is 21.1 Å². The number of hydrogen-bond acceptors (Lipinski definition) is 5. The van der Waals surface area contributed by atoms with Gasteiger partial charge in [0.25, 0.3) is 0 Å². The highest BCUT2D eigenvalue weighted by Gasteiger charge is 2.27. The predicted octanol–water partition coefficient (Wildman–Crippen LogP) is 3.49. The van der Waals surface area contributed by atoms with Crippen LogP contribution < -0.4 is 16.0 Å². The van der Waals surface area contributed by atoms with Gasteiger partial charge in [-0.15, -0.1) is 0 Å². The first-order chi connectivity index (χ1) is 14.7. The summed E-state index contributed by atoms with van der Waals surface area (Å²) in [4.78, 5) is 15.4. The van der Waals surface area contributed by atoms with Crippen LogP contribution in [-0.2, 0) is 17.6 Å². The molecule has 30 heavy (non-hydrogen) atoms. The average Bonchev–Trinajstić information content (AvgIpc) is 2.77. The number of fused-ring (bicyclic) bond motifs is 1. The maximum Gasteiger partial charge on any atom is 0.307 e. The number of carbonyl (C=O) groups is 1. The van der Waals surface area contributed by atoms with Gasteiger partial charge in [-0.25, -0.2) is 4.98 Å². The van der Waals surface area contributed by atoms with Gasteiger partial charge in [0.1, 0.15) is 5.82 Å². The maximum absolute atomic E-state index is 11.0. The number of benzene rings is 2. The summed E-state index contributed by atoms with van der Waals surface area (Å²) in [6.07, 6.45) is 2.68. The molecule has 3 aromatic rings. The fourth-order valence-electron chi connectivity index (χ4n) is 3.91. The van der Waals surface area contributed by atoms with E-state index in [0.717, 1.165) is 42.1 Å². The summed E-state index contributed by atoms with van der Waals surface area (Å²) in [7, 11) is 0. The van der Waals surface area contributed by atoms with Crippen molar-refractivity contribution in [2.24, 2.45) is 0 Å². The molecule has 6 heteroatoms. The quantitative estimate of drug-likeness (QED) is 0.462. The van der Waals surface area contributed by atoms with E-state index < -0.39 is 5.97 Å². The Balaban J connectivity index is 1.45. The second-order valence-corrected chi connectivity index (χ2v) is 7.51. The summed E-state index contributed by atoms with van der Waals surface area (Å²) >= 11 is 0. The fraction of sp³-hybridized carbons (Fsp3) is 0.250. The molecule has 1 aliphatic heterocycles. The van der Waals surface area contributed by atoms with Crippen LogP contribution in [0.15, 0.2) is 72.9 Å². The molecule has 0 amide bonds. The predicted molar refractivity (Wildman–Crippen MR) is 119 cm³/mol. The zero-order valence-electron chi connectivity index (χ0n) is 16.7. The zero-order valence-corrected chi connectivity index (χ0v) is 16.7. The molecule has 2 atom stereocenters. The number of anilines is 2. The molecule has 4 rings (SSSR count). The Morgan fingerprint density at radius 1 is 1.10 bits per heavy atom. The minimum Gasteiger partial charge on any atom is -0.481 e. The molecule has 0 bridgehead atoms. The average molecular weight is 402 g/mol. The van der Waals surface area contributed by atoms with Crippen molar-refractivity contribution in [2.45, 2.75) is 24.9 Å². The summed E-state index contributed by atoms with van der Waals surface area (Å²) in [5.41, 5.74) is 4.21. The van der Waals surface area contributed by atoms with Crippen LogP contribution in [0.1, 0.15) is 22.7 Å². The number of aromatic nitrogens is 1. The van der Waals surface area contributed by atoms with Crippen molar-refractivity contribution in [2.75, 3.05) is 23.7 Å². The fourth-order valence-corrected chi connectivity index (χ4v) is 3.91. The van der Waals surface area contributed by atoms with Gasteiger partial charge in [-0.05, 0) is 41.8 Å². The highest BCUT2D eigenvalue weighted by molar-refractivity contribution is 5.70. The standard InChI is InChI=1S/C24H26N4O2/c29-22(30)15-18-7-4-6-17(14-18)11-13-25-23(19-8-2-1-3-9-19)21-16-27-20-10-5-12-26-24(20)28-21/h1-10,12,14,21,23,25,27H,11,13,15-16H2,(H,26,28)(H,29,30)/t21-,23-/m1/s1. The summed E-state index contributed by atoms with van der Waals surface area (Å²) in [6.45, 7) is 1.57. The third-order valence-electron chi connectivity index (χ3n) is 5.33. The lowest BCUT2D eigenvalue weighted by atomic mass is 9.97. The van der Waals surface area contributed by atoms with E-state index in [9.17, 15) is 4.79 Å². The number of nitrogens with one attached hydrogen (secondary N) is 3. The monoisotopic (exact) mass is 402 g/mol. The van der Waals surface area contributed by atoms with E-state index in [4.69, 9.17) is 5.11 Å². The van der Waals surface area contributed by atoms with E-state index >= 15 is 0 Å². The number of carboxylic acids is 1. The van der Waals surface area contributed by atoms with E-state index in [0.29, 0.717) is 0 Å². The molecule has 2 heterocycles. The van der Waals surface area contributed by atoms with Crippen molar-refractivity contribution < 1.29 is 9.90 Å². The Morgan fingerprint density at radius 2 is 1.93 bits per heavy atom. The van der Waals surface area contributed by atoms with Gasteiger partial charge in [-0.2, -0.15) is 0 Å². The van der Waals surface area contributed by atoms with Gasteiger partial charge in [0.2, 0.25) is 0 Å². The lowest BCUT2D eigenvalue weighted by Gasteiger charge is -2.34. The van der Waals surface area contributed by atoms with Crippen LogP contribution in [0.3, 0.4) is 0 Å². The first kappa shape index (κ1) is 19.9. The molecule has 0 saturated heterocycles. The first-order valence-corrected chi connectivity index (χ1v) is 10.2. The molecule has 154 valence electrons. The highest BCUT2D eigenvalue weighted by Crippen LogP contribution is 2.28. The van der Waals surface area contributed by atoms with Crippen molar-refractivity contribution in [1.82, 2.24) is 10.3 Å². The Kier molecular flexibility index (Phi) is 6.25. The number of nitrogens with zero attached hydrogens (tertiary/aromatic N) is 1. The number of rotatable bonds is 8. The second-order valence-electron chi connectivity index (χ2n) is 7.51. The molecule has 0 unspecified atom stereocenters. The second kappa shape index (κ2) is 9.41. The molecule has 1 aliphatic rings. The molecule has 0 saturated carbocycles. The van der Waals surface area contributed by atoms with Crippen molar-refractivity contribution >= 4 is 17.5 Å². The SMILES string of the molecule is O=C(O)Cc1cccc(CCN[C@H](c2ccccc2)[C@H]2CNc3cccnc3N2)c1. The van der Waals surface area contributed by atoms with Gasteiger partial charge in [-0.3, -0.25) is 4.79 Å². The molecule has 0 spiro atoms. The molecule has 2 aromatic carbocycles. The van der Waals surface area contributed by atoms with E-state index in [2.05, 4.69) is 45.2 Å². The van der Waals surface area contributed by atoms with Gasteiger partial charge in [0, 0.05) is 12.7 Å².